The van der Waals surface area contributed by atoms with E-state index in [4.69, 9.17) is 0 Å². The molecule has 3 aromatic rings. The maximum absolute atomic E-state index is 11.5. The number of H-pyrrole nitrogens is 1. The third kappa shape index (κ3) is 1.51. The van der Waals surface area contributed by atoms with Crippen molar-refractivity contribution in [2.45, 2.75) is 0 Å². The topological polar surface area (TPSA) is 94.3 Å². The maximum Gasteiger partial charge on any atom is 0.365 e. The monoisotopic (exact) mass is 229 g/mol. The Morgan fingerprint density at radius 1 is 1.18 bits per heavy atom. The summed E-state index contributed by atoms with van der Waals surface area (Å²) < 4.78 is 2.72. The normalized spacial score (nSPS) is 10.6. The van der Waals surface area contributed by atoms with Crippen LogP contribution in [0.15, 0.2) is 41.7 Å². The van der Waals surface area contributed by atoms with Gasteiger partial charge in [-0.05, 0) is 22.6 Å². The Morgan fingerprint density at radius 3 is 2.65 bits per heavy atom. The average molecular weight is 229 g/mol. The molecule has 0 bridgehead atoms. The minimum absolute atomic E-state index is 0.405. The zero-order chi connectivity index (χ0) is 11.7. The van der Waals surface area contributed by atoms with Gasteiger partial charge in [-0.1, -0.05) is 12.1 Å². The Morgan fingerprint density at radius 2 is 2.00 bits per heavy atom. The van der Waals surface area contributed by atoms with Gasteiger partial charge in [0.15, 0.2) is 0 Å². The van der Waals surface area contributed by atoms with Gasteiger partial charge in [0.25, 0.3) is 0 Å². The van der Waals surface area contributed by atoms with Crippen molar-refractivity contribution in [1.82, 2.24) is 35.0 Å². The fraction of sp³-hybridized carbons (Fsp3) is 0. The minimum atomic E-state index is -0.405. The molecule has 1 N–H and O–H groups in total. The van der Waals surface area contributed by atoms with Gasteiger partial charge in [0.05, 0.1) is 11.4 Å². The highest BCUT2D eigenvalue weighted by molar-refractivity contribution is 5.50. The molecular weight excluding hydrogens is 222 g/mol. The van der Waals surface area contributed by atoms with E-state index >= 15 is 0 Å². The molecule has 2 heterocycles. The van der Waals surface area contributed by atoms with Crippen molar-refractivity contribution in [2.75, 3.05) is 0 Å². The molecule has 8 nitrogen and oxygen atoms in total. The summed E-state index contributed by atoms with van der Waals surface area (Å²) in [5.41, 5.74) is 0.871. The van der Waals surface area contributed by atoms with Gasteiger partial charge in [0.1, 0.15) is 12.7 Å². The fourth-order valence-corrected chi connectivity index (χ4v) is 1.53. The molecule has 0 aliphatic rings. The highest BCUT2D eigenvalue weighted by Gasteiger charge is 2.09. The van der Waals surface area contributed by atoms with Gasteiger partial charge in [-0.2, -0.15) is 9.78 Å². The SMILES string of the molecule is O=c1[nH]nnn1-c1ccccc1-n1cncn1. The Kier molecular flexibility index (Phi) is 2.04. The predicted molar refractivity (Wildman–Crippen MR) is 56.9 cm³/mol. The fourth-order valence-electron chi connectivity index (χ4n) is 1.53. The van der Waals surface area contributed by atoms with Crippen molar-refractivity contribution in [3.63, 3.8) is 0 Å². The second-order valence-electron chi connectivity index (χ2n) is 3.25. The predicted octanol–water partition coefficient (Wildman–Crippen LogP) is -0.464. The van der Waals surface area contributed by atoms with Crippen molar-refractivity contribution in [3.05, 3.63) is 47.4 Å². The highest BCUT2D eigenvalue weighted by Crippen LogP contribution is 2.14. The zero-order valence-electron chi connectivity index (χ0n) is 8.56. The van der Waals surface area contributed by atoms with E-state index in [0.29, 0.717) is 11.4 Å². The minimum Gasteiger partial charge on any atom is -0.244 e. The lowest BCUT2D eigenvalue weighted by molar-refractivity contribution is 0.762. The number of nitrogens with one attached hydrogen (secondary N) is 1. The lowest BCUT2D eigenvalue weighted by Crippen LogP contribution is -2.18. The smallest absolute Gasteiger partial charge is 0.244 e. The molecule has 17 heavy (non-hydrogen) atoms. The summed E-state index contributed by atoms with van der Waals surface area (Å²) in [6.45, 7) is 0. The zero-order valence-corrected chi connectivity index (χ0v) is 8.56. The van der Waals surface area contributed by atoms with Gasteiger partial charge >= 0.3 is 5.69 Å². The standard InChI is InChI=1S/C9H7N7O/c17-9-12-13-14-16(9)8-4-2-1-3-7(8)15-6-10-5-11-15/h1-6H,(H,12,14,17). The van der Waals surface area contributed by atoms with Crippen LogP contribution in [0.2, 0.25) is 0 Å². The van der Waals surface area contributed by atoms with Crippen LogP contribution in [0.4, 0.5) is 0 Å². The van der Waals surface area contributed by atoms with Gasteiger partial charge in [0.2, 0.25) is 0 Å². The van der Waals surface area contributed by atoms with Crippen molar-refractivity contribution >= 4 is 0 Å². The Bertz CT molecular complexity index is 681. The molecule has 0 spiro atoms. The number of nitrogens with zero attached hydrogens (tertiary/aromatic N) is 6. The van der Waals surface area contributed by atoms with Gasteiger partial charge in [0, 0.05) is 0 Å². The van der Waals surface area contributed by atoms with Crippen LogP contribution in [-0.4, -0.2) is 35.0 Å². The number of hydrogen-bond donors (Lipinski definition) is 1. The largest absolute Gasteiger partial charge is 0.365 e. The summed E-state index contributed by atoms with van der Waals surface area (Å²) in [6.07, 6.45) is 2.96. The maximum atomic E-state index is 11.5. The van der Waals surface area contributed by atoms with Gasteiger partial charge in [-0.25, -0.2) is 19.6 Å². The lowest BCUT2D eigenvalue weighted by atomic mass is 10.2. The van der Waals surface area contributed by atoms with Crippen LogP contribution in [-0.2, 0) is 0 Å². The van der Waals surface area contributed by atoms with Crippen molar-refractivity contribution < 1.29 is 0 Å². The van der Waals surface area contributed by atoms with E-state index in [0.717, 1.165) is 4.68 Å². The molecule has 2 aromatic heterocycles. The summed E-state index contributed by atoms with van der Waals surface area (Å²) in [5.74, 6) is 0. The molecule has 0 saturated carbocycles. The highest BCUT2D eigenvalue weighted by atomic mass is 16.2. The molecule has 0 fully saturated rings. The van der Waals surface area contributed by atoms with Crippen LogP contribution >= 0.6 is 0 Å². The van der Waals surface area contributed by atoms with Crippen molar-refractivity contribution in [1.29, 1.82) is 0 Å². The summed E-state index contributed by atoms with van der Waals surface area (Å²) in [7, 11) is 0. The summed E-state index contributed by atoms with van der Waals surface area (Å²) >= 11 is 0. The Labute approximate surface area is 94.5 Å². The second kappa shape index (κ2) is 3.67. The first-order valence-electron chi connectivity index (χ1n) is 4.81. The first kappa shape index (κ1) is 9.46. The molecule has 8 heteroatoms. The van der Waals surface area contributed by atoms with Crippen molar-refractivity contribution in [3.8, 4) is 11.4 Å². The van der Waals surface area contributed by atoms with Crippen LogP contribution < -0.4 is 5.69 Å². The van der Waals surface area contributed by atoms with E-state index in [1.165, 1.54) is 6.33 Å². The van der Waals surface area contributed by atoms with Crippen LogP contribution in [0.1, 0.15) is 0 Å². The first-order valence-corrected chi connectivity index (χ1v) is 4.81. The Hall–Kier alpha value is -2.77. The molecule has 0 unspecified atom stereocenters. The quantitative estimate of drug-likeness (QED) is 0.641. The molecule has 1 aromatic carbocycles. The van der Waals surface area contributed by atoms with Gasteiger partial charge < -0.3 is 0 Å². The third-order valence-electron chi connectivity index (χ3n) is 2.25. The molecule has 0 aliphatic heterocycles. The lowest BCUT2D eigenvalue weighted by Gasteiger charge is -2.06. The number of aromatic nitrogens is 7. The van der Waals surface area contributed by atoms with E-state index in [-0.39, 0.29) is 0 Å². The number of para-hydroxylation sites is 2. The average Bonchev–Trinajstić information content (AvgIpc) is 3.00. The summed E-state index contributed by atoms with van der Waals surface area (Å²) in [6, 6.07) is 7.20. The van der Waals surface area contributed by atoms with Crippen molar-refractivity contribution in [2.24, 2.45) is 0 Å². The number of benzene rings is 1. The van der Waals surface area contributed by atoms with E-state index in [9.17, 15) is 4.79 Å². The Balaban J connectivity index is 2.25. The van der Waals surface area contributed by atoms with E-state index < -0.39 is 5.69 Å². The van der Waals surface area contributed by atoms with Gasteiger partial charge in [-0.3, -0.25) is 0 Å². The first-order chi connectivity index (χ1) is 8.36. The number of tetrazole rings is 1. The molecule has 84 valence electrons. The van der Waals surface area contributed by atoms with Gasteiger partial charge in [-0.15, -0.1) is 0 Å². The molecule has 0 atom stereocenters. The third-order valence-corrected chi connectivity index (χ3v) is 2.25. The van der Waals surface area contributed by atoms with Crippen LogP contribution in [0.3, 0.4) is 0 Å². The summed E-state index contributed by atoms with van der Waals surface area (Å²) in [5, 5.41) is 13.4. The molecule has 0 radical (unpaired) electrons. The summed E-state index contributed by atoms with van der Waals surface area (Å²) in [4.78, 5) is 15.3. The molecular formula is C9H7N7O. The molecule has 0 amide bonds. The van der Waals surface area contributed by atoms with E-state index in [1.807, 2.05) is 12.1 Å². The van der Waals surface area contributed by atoms with E-state index in [2.05, 4.69) is 25.6 Å². The van der Waals surface area contributed by atoms with Crippen LogP contribution in [0, 0.1) is 0 Å². The van der Waals surface area contributed by atoms with Crippen LogP contribution in [0.25, 0.3) is 11.4 Å². The molecule has 3 rings (SSSR count). The number of aromatic amines is 1. The number of hydrogen-bond acceptors (Lipinski definition) is 5. The molecule has 0 saturated heterocycles. The van der Waals surface area contributed by atoms with Crippen LogP contribution in [0.5, 0.6) is 0 Å². The van der Waals surface area contributed by atoms with E-state index in [1.54, 1.807) is 23.1 Å². The molecule has 0 aliphatic carbocycles. The number of rotatable bonds is 2. The second-order valence-corrected chi connectivity index (χ2v) is 3.25.